The van der Waals surface area contributed by atoms with Crippen molar-refractivity contribution in [1.82, 2.24) is 5.32 Å². The number of anilines is 1. The van der Waals surface area contributed by atoms with E-state index in [1.54, 1.807) is 0 Å². The van der Waals surface area contributed by atoms with Gasteiger partial charge in [-0.3, -0.25) is 9.59 Å². The molecule has 2 aromatic carbocycles. The highest BCUT2D eigenvalue weighted by atomic mass is 35.5. The van der Waals surface area contributed by atoms with Gasteiger partial charge in [0.15, 0.2) is 0 Å². The van der Waals surface area contributed by atoms with Crippen molar-refractivity contribution < 1.29 is 14.0 Å². The summed E-state index contributed by atoms with van der Waals surface area (Å²) in [6.07, 6.45) is 0.514. The van der Waals surface area contributed by atoms with Crippen LogP contribution in [0.1, 0.15) is 17.5 Å². The molecule has 25 heavy (non-hydrogen) atoms. The second kappa shape index (κ2) is 7.23. The lowest BCUT2D eigenvalue weighted by Crippen LogP contribution is -2.27. The van der Waals surface area contributed by atoms with Crippen LogP contribution < -0.4 is 10.6 Å². The van der Waals surface area contributed by atoms with E-state index in [0.29, 0.717) is 18.7 Å². The van der Waals surface area contributed by atoms with Crippen molar-refractivity contribution in [3.63, 3.8) is 0 Å². The van der Waals surface area contributed by atoms with Crippen LogP contribution in [0.3, 0.4) is 0 Å². The zero-order valence-corrected chi connectivity index (χ0v) is 14.4. The summed E-state index contributed by atoms with van der Waals surface area (Å²) in [7, 11) is 0. The Kier molecular flexibility index (Phi) is 5.04. The molecule has 2 amide bonds. The summed E-state index contributed by atoms with van der Waals surface area (Å²) in [4.78, 5) is 24.3. The molecule has 0 aromatic heterocycles. The van der Waals surface area contributed by atoms with Crippen LogP contribution in [-0.2, 0) is 16.1 Å². The maximum Gasteiger partial charge on any atom is 0.228 e. The molecule has 2 atom stereocenters. The van der Waals surface area contributed by atoms with Crippen LogP contribution in [0, 0.1) is 24.6 Å². The number of aryl methyl sites for hydroxylation is 1. The monoisotopic (exact) mass is 360 g/mol. The smallest absolute Gasteiger partial charge is 0.228 e. The van der Waals surface area contributed by atoms with Crippen LogP contribution in [0.2, 0.25) is 5.02 Å². The van der Waals surface area contributed by atoms with Crippen molar-refractivity contribution in [3.05, 3.63) is 64.4 Å². The van der Waals surface area contributed by atoms with E-state index in [1.807, 2.05) is 31.2 Å². The molecule has 0 spiro atoms. The molecule has 1 aliphatic rings. The fraction of sp³-hybridized carbons (Fsp3) is 0.263. The molecule has 0 aliphatic heterocycles. The summed E-state index contributed by atoms with van der Waals surface area (Å²) in [5.41, 5.74) is 2.58. The minimum atomic E-state index is -0.542. The molecule has 3 rings (SSSR count). The summed E-state index contributed by atoms with van der Waals surface area (Å²) < 4.78 is 13.1. The van der Waals surface area contributed by atoms with Crippen molar-refractivity contribution in [2.24, 2.45) is 11.8 Å². The van der Waals surface area contributed by atoms with Gasteiger partial charge in [-0.1, -0.05) is 41.4 Å². The minimum absolute atomic E-state index is 0.0546. The van der Waals surface area contributed by atoms with Gasteiger partial charge in [-0.15, -0.1) is 0 Å². The molecule has 0 saturated heterocycles. The third-order valence-electron chi connectivity index (χ3n) is 4.20. The van der Waals surface area contributed by atoms with Crippen molar-refractivity contribution in [2.75, 3.05) is 5.32 Å². The molecule has 2 unspecified atom stereocenters. The highest BCUT2D eigenvalue weighted by Gasteiger charge is 2.47. The first-order chi connectivity index (χ1) is 11.9. The van der Waals surface area contributed by atoms with E-state index in [-0.39, 0.29) is 28.7 Å². The second-order valence-electron chi connectivity index (χ2n) is 6.27. The van der Waals surface area contributed by atoms with Crippen molar-refractivity contribution in [2.45, 2.75) is 19.9 Å². The Bertz CT molecular complexity index is 825. The Hall–Kier alpha value is -2.40. The largest absolute Gasteiger partial charge is 0.352 e. The molecule has 2 aromatic rings. The Morgan fingerprint density at radius 2 is 1.92 bits per heavy atom. The Morgan fingerprint density at radius 3 is 2.64 bits per heavy atom. The molecule has 4 nitrogen and oxygen atoms in total. The van der Waals surface area contributed by atoms with Crippen LogP contribution in [0.4, 0.5) is 10.1 Å². The quantitative estimate of drug-likeness (QED) is 0.854. The normalized spacial score (nSPS) is 18.5. The molecule has 0 radical (unpaired) electrons. The maximum atomic E-state index is 13.1. The average molecular weight is 361 g/mol. The standard InChI is InChI=1S/C19H18ClFN2O2/c1-11-3-2-4-12(7-11)10-22-18(24)14-9-15(14)19(25)23-13-5-6-17(21)16(20)8-13/h2-8,14-15H,9-10H2,1H3,(H,22,24)(H,23,25). The van der Waals surface area contributed by atoms with E-state index < -0.39 is 5.82 Å². The number of hydrogen-bond acceptors (Lipinski definition) is 2. The minimum Gasteiger partial charge on any atom is -0.352 e. The molecule has 130 valence electrons. The van der Waals surface area contributed by atoms with Gasteiger partial charge in [-0.25, -0.2) is 4.39 Å². The van der Waals surface area contributed by atoms with Crippen molar-refractivity contribution in [1.29, 1.82) is 0 Å². The lowest BCUT2D eigenvalue weighted by Gasteiger charge is -2.07. The molecule has 6 heteroatoms. The first-order valence-electron chi connectivity index (χ1n) is 8.03. The predicted octanol–water partition coefficient (Wildman–Crippen LogP) is 3.68. The van der Waals surface area contributed by atoms with Crippen LogP contribution in [0.5, 0.6) is 0 Å². The highest BCUT2D eigenvalue weighted by Crippen LogP contribution is 2.39. The van der Waals surface area contributed by atoms with Crippen molar-refractivity contribution >= 4 is 29.1 Å². The van der Waals surface area contributed by atoms with Crippen LogP contribution in [0.15, 0.2) is 42.5 Å². The van der Waals surface area contributed by atoms with Crippen molar-refractivity contribution in [3.8, 4) is 0 Å². The van der Waals surface area contributed by atoms with Gasteiger partial charge in [0, 0.05) is 12.2 Å². The maximum absolute atomic E-state index is 13.1. The van der Waals surface area contributed by atoms with E-state index in [9.17, 15) is 14.0 Å². The number of halogens is 2. The summed E-state index contributed by atoms with van der Waals surface area (Å²) in [5.74, 6) is -1.60. The van der Waals surface area contributed by atoms with Crippen LogP contribution in [0.25, 0.3) is 0 Å². The summed E-state index contributed by atoms with van der Waals surface area (Å²) >= 11 is 5.69. The number of hydrogen-bond donors (Lipinski definition) is 2. The average Bonchev–Trinajstić information content (AvgIpc) is 3.37. The van der Waals surface area contributed by atoms with Gasteiger partial charge >= 0.3 is 0 Å². The predicted molar refractivity (Wildman–Crippen MR) is 94.7 cm³/mol. The van der Waals surface area contributed by atoms with Crippen LogP contribution >= 0.6 is 11.6 Å². The zero-order valence-electron chi connectivity index (χ0n) is 13.7. The molecule has 1 saturated carbocycles. The first kappa shape index (κ1) is 17.4. The number of amides is 2. The number of rotatable bonds is 5. The zero-order chi connectivity index (χ0) is 18.0. The lowest BCUT2D eigenvalue weighted by molar-refractivity contribution is -0.125. The van der Waals surface area contributed by atoms with E-state index >= 15 is 0 Å². The summed E-state index contributed by atoms with van der Waals surface area (Å²) in [6, 6.07) is 11.9. The molecule has 0 bridgehead atoms. The number of nitrogens with one attached hydrogen (secondary N) is 2. The summed E-state index contributed by atoms with van der Waals surface area (Å²) in [6.45, 7) is 2.44. The topological polar surface area (TPSA) is 58.2 Å². The van der Waals surface area contributed by atoms with Gasteiger partial charge in [-0.05, 0) is 37.1 Å². The van der Waals surface area contributed by atoms with E-state index in [2.05, 4.69) is 10.6 Å². The number of carbonyl (C=O) groups excluding carboxylic acids is 2. The third-order valence-corrected chi connectivity index (χ3v) is 4.49. The Labute approximate surface area is 150 Å². The number of carbonyl (C=O) groups is 2. The highest BCUT2D eigenvalue weighted by molar-refractivity contribution is 6.31. The third kappa shape index (κ3) is 4.37. The molecule has 1 fully saturated rings. The molecule has 1 aliphatic carbocycles. The molecule has 0 heterocycles. The molecule has 2 N–H and O–H groups in total. The Morgan fingerprint density at radius 1 is 1.16 bits per heavy atom. The first-order valence-corrected chi connectivity index (χ1v) is 8.41. The fourth-order valence-electron chi connectivity index (χ4n) is 2.73. The van der Waals surface area contributed by atoms with Gasteiger partial charge in [-0.2, -0.15) is 0 Å². The van der Waals surface area contributed by atoms with Gasteiger partial charge in [0.1, 0.15) is 5.82 Å². The van der Waals surface area contributed by atoms with Gasteiger partial charge in [0.05, 0.1) is 16.9 Å². The second-order valence-corrected chi connectivity index (χ2v) is 6.68. The van der Waals surface area contributed by atoms with Crippen LogP contribution in [-0.4, -0.2) is 11.8 Å². The molecular formula is C19H18ClFN2O2. The SMILES string of the molecule is Cc1cccc(CNC(=O)C2CC2C(=O)Nc2ccc(F)c(Cl)c2)c1. The fourth-order valence-corrected chi connectivity index (χ4v) is 2.91. The number of benzene rings is 2. The van der Waals surface area contributed by atoms with Gasteiger partial charge in [0.25, 0.3) is 0 Å². The lowest BCUT2D eigenvalue weighted by atomic mass is 10.1. The summed E-state index contributed by atoms with van der Waals surface area (Å²) in [5, 5.41) is 5.48. The van der Waals surface area contributed by atoms with E-state index in [1.165, 1.54) is 18.2 Å². The van der Waals surface area contributed by atoms with E-state index in [4.69, 9.17) is 11.6 Å². The Balaban J connectivity index is 1.50. The van der Waals surface area contributed by atoms with Gasteiger partial charge in [0.2, 0.25) is 11.8 Å². The van der Waals surface area contributed by atoms with Gasteiger partial charge < -0.3 is 10.6 Å². The van der Waals surface area contributed by atoms with E-state index in [0.717, 1.165) is 11.1 Å². The molecular weight excluding hydrogens is 343 g/mol.